The molecule has 1 aliphatic heterocycles. The number of piperidine rings is 1. The van der Waals surface area contributed by atoms with Crippen molar-refractivity contribution in [1.82, 2.24) is 4.90 Å². The van der Waals surface area contributed by atoms with Gasteiger partial charge in [-0.05, 0) is 85.9 Å². The summed E-state index contributed by atoms with van der Waals surface area (Å²) in [6.07, 6.45) is 19.1. The lowest BCUT2D eigenvalue weighted by Gasteiger charge is -2.61. The van der Waals surface area contributed by atoms with Gasteiger partial charge in [0.2, 0.25) is 5.91 Å². The van der Waals surface area contributed by atoms with Gasteiger partial charge in [0, 0.05) is 19.5 Å². The van der Waals surface area contributed by atoms with Crippen LogP contribution in [0.15, 0.2) is 12.2 Å². The van der Waals surface area contributed by atoms with E-state index >= 15 is 0 Å². The second-order valence-corrected chi connectivity index (χ2v) is 10.9. The van der Waals surface area contributed by atoms with E-state index in [-0.39, 0.29) is 0 Å². The lowest BCUT2D eigenvalue weighted by atomic mass is 9.47. The second kappa shape index (κ2) is 7.23. The number of allylic oxidation sites excluding steroid dienone is 2. The van der Waals surface area contributed by atoms with E-state index < -0.39 is 0 Å². The van der Waals surface area contributed by atoms with Gasteiger partial charge in [-0.15, -0.1) is 0 Å². The first-order valence-corrected chi connectivity index (χ1v) is 11.8. The van der Waals surface area contributed by atoms with Crippen molar-refractivity contribution < 1.29 is 4.79 Å². The van der Waals surface area contributed by atoms with Crippen molar-refractivity contribution in [3.05, 3.63) is 12.2 Å². The number of fused-ring (bicyclic) bond motifs is 5. The molecule has 152 valence electrons. The quantitative estimate of drug-likeness (QED) is 0.425. The van der Waals surface area contributed by atoms with Gasteiger partial charge in [0.1, 0.15) is 0 Å². The van der Waals surface area contributed by atoms with Crippen molar-refractivity contribution in [1.29, 1.82) is 0 Å². The summed E-state index contributed by atoms with van der Waals surface area (Å²) in [7, 11) is 2.07. The fourth-order valence-electron chi connectivity index (χ4n) is 8.02. The average molecular weight is 372 g/mol. The Labute approximate surface area is 167 Å². The smallest absolute Gasteiger partial charge is 0.222 e. The topological polar surface area (TPSA) is 20.3 Å². The minimum atomic E-state index is 0.363. The highest BCUT2D eigenvalue weighted by atomic mass is 16.2. The molecule has 4 fully saturated rings. The van der Waals surface area contributed by atoms with Crippen LogP contribution in [0.5, 0.6) is 0 Å². The summed E-state index contributed by atoms with van der Waals surface area (Å²) in [5.41, 5.74) is 0.933. The molecular weight excluding hydrogens is 330 g/mol. The number of unbranched alkanes of at least 4 members (excludes halogenated alkanes) is 2. The van der Waals surface area contributed by atoms with Crippen molar-refractivity contribution in [3.63, 3.8) is 0 Å². The summed E-state index contributed by atoms with van der Waals surface area (Å²) in [6.45, 7) is 7.43. The molecule has 1 amide bonds. The van der Waals surface area contributed by atoms with Crippen LogP contribution in [0.25, 0.3) is 0 Å². The summed E-state index contributed by atoms with van der Waals surface area (Å²) in [4.78, 5) is 14.4. The third-order valence-corrected chi connectivity index (χ3v) is 9.49. The van der Waals surface area contributed by atoms with Gasteiger partial charge in [-0.2, -0.15) is 0 Å². The van der Waals surface area contributed by atoms with Gasteiger partial charge in [-0.1, -0.05) is 45.8 Å². The van der Waals surface area contributed by atoms with E-state index in [0.29, 0.717) is 22.8 Å². The molecule has 4 aliphatic rings. The Bertz CT molecular complexity index is 597. The highest BCUT2D eigenvalue weighted by Gasteiger charge is 2.59. The standard InChI is InChI=1S/C25H41NO/c1-5-6-7-8-9-18-16-21-19-10-11-22-25(3,15-13-23(27)26(22)4)20(19)12-14-24(21,2)17-18/h8-9,18-22H,5-7,10-17H2,1-4H3/t18-,19+,20-,21-,22+,24+,25+/m0/s1. The first-order valence-electron chi connectivity index (χ1n) is 11.8. The van der Waals surface area contributed by atoms with Crippen LogP contribution in [0.3, 0.4) is 0 Å². The zero-order chi connectivity index (χ0) is 19.2. The predicted molar refractivity (Wildman–Crippen MR) is 112 cm³/mol. The number of amides is 1. The largest absolute Gasteiger partial charge is 0.342 e. The summed E-state index contributed by atoms with van der Waals surface area (Å²) in [5, 5.41) is 0. The van der Waals surface area contributed by atoms with Gasteiger partial charge in [0.25, 0.3) is 0 Å². The fourth-order valence-corrected chi connectivity index (χ4v) is 8.02. The van der Waals surface area contributed by atoms with E-state index in [4.69, 9.17) is 0 Å². The van der Waals surface area contributed by atoms with Gasteiger partial charge in [-0.25, -0.2) is 0 Å². The monoisotopic (exact) mass is 371 g/mol. The maximum absolute atomic E-state index is 12.3. The van der Waals surface area contributed by atoms with Crippen LogP contribution >= 0.6 is 0 Å². The highest BCUT2D eigenvalue weighted by Crippen LogP contribution is 2.65. The third-order valence-electron chi connectivity index (χ3n) is 9.49. The average Bonchev–Trinajstić information content (AvgIpc) is 2.99. The molecule has 3 aliphatic carbocycles. The maximum atomic E-state index is 12.3. The number of nitrogens with zero attached hydrogens (tertiary/aromatic N) is 1. The van der Waals surface area contributed by atoms with Gasteiger partial charge >= 0.3 is 0 Å². The molecule has 0 aromatic carbocycles. The number of likely N-dealkylation sites (tertiary alicyclic amines) is 1. The fraction of sp³-hybridized carbons (Fsp3) is 0.880. The van der Waals surface area contributed by atoms with Gasteiger partial charge in [0.15, 0.2) is 0 Å². The zero-order valence-corrected chi connectivity index (χ0v) is 18.2. The minimum Gasteiger partial charge on any atom is -0.342 e. The molecule has 0 aromatic heterocycles. The zero-order valence-electron chi connectivity index (χ0n) is 18.2. The SMILES string of the molecule is CCCCC=C[C@H]1C[C@H]2[C@@H]3CC[C@H]4N(C)C(=O)CC[C@]4(C)[C@H]3CC[C@]2(C)C1. The number of hydrogen-bond acceptors (Lipinski definition) is 1. The van der Waals surface area contributed by atoms with E-state index in [2.05, 4.69) is 44.9 Å². The van der Waals surface area contributed by atoms with Crippen molar-refractivity contribution in [2.45, 2.75) is 97.4 Å². The first-order chi connectivity index (χ1) is 12.9. The minimum absolute atomic E-state index is 0.363. The normalized spacial score (nSPS) is 47.0. The Morgan fingerprint density at radius 2 is 1.96 bits per heavy atom. The molecule has 2 nitrogen and oxygen atoms in total. The van der Waals surface area contributed by atoms with E-state index in [1.807, 2.05) is 0 Å². The molecule has 0 aromatic rings. The van der Waals surface area contributed by atoms with Crippen molar-refractivity contribution in [2.24, 2.45) is 34.5 Å². The lowest BCUT2D eigenvalue weighted by molar-refractivity contribution is -0.156. The first kappa shape index (κ1) is 19.5. The molecule has 2 heteroatoms. The van der Waals surface area contributed by atoms with Crippen molar-refractivity contribution in [2.75, 3.05) is 7.05 Å². The number of rotatable bonds is 4. The second-order valence-electron chi connectivity index (χ2n) is 10.9. The van der Waals surface area contributed by atoms with Gasteiger partial charge < -0.3 is 4.90 Å². The molecule has 0 radical (unpaired) electrons. The molecule has 27 heavy (non-hydrogen) atoms. The van der Waals surface area contributed by atoms with Crippen LogP contribution in [-0.4, -0.2) is 23.9 Å². The molecule has 0 N–H and O–H groups in total. The molecule has 1 heterocycles. The number of carbonyl (C=O) groups is 1. The van der Waals surface area contributed by atoms with Crippen molar-refractivity contribution in [3.8, 4) is 0 Å². The Morgan fingerprint density at radius 1 is 1.15 bits per heavy atom. The molecule has 0 bridgehead atoms. The van der Waals surface area contributed by atoms with E-state index in [9.17, 15) is 4.79 Å². The van der Waals surface area contributed by atoms with Crippen molar-refractivity contribution >= 4 is 5.91 Å². The summed E-state index contributed by atoms with van der Waals surface area (Å²) in [5.74, 6) is 3.86. The van der Waals surface area contributed by atoms with Crippen LogP contribution < -0.4 is 0 Å². The van der Waals surface area contributed by atoms with Crippen LogP contribution in [0.2, 0.25) is 0 Å². The Morgan fingerprint density at radius 3 is 2.74 bits per heavy atom. The highest BCUT2D eigenvalue weighted by molar-refractivity contribution is 5.77. The van der Waals surface area contributed by atoms with Crippen LogP contribution in [0.1, 0.15) is 91.4 Å². The van der Waals surface area contributed by atoms with Crippen LogP contribution in [-0.2, 0) is 4.79 Å². The molecule has 7 atom stereocenters. The summed E-state index contributed by atoms with van der Waals surface area (Å²) >= 11 is 0. The maximum Gasteiger partial charge on any atom is 0.222 e. The molecular formula is C25H41NO. The molecule has 4 rings (SSSR count). The van der Waals surface area contributed by atoms with Crippen LogP contribution in [0.4, 0.5) is 0 Å². The molecule has 0 unspecified atom stereocenters. The molecule has 0 spiro atoms. The third kappa shape index (κ3) is 3.19. The Kier molecular flexibility index (Phi) is 5.23. The van der Waals surface area contributed by atoms with Gasteiger partial charge in [-0.3, -0.25) is 4.79 Å². The number of hydrogen-bond donors (Lipinski definition) is 0. The molecule has 3 saturated carbocycles. The Balaban J connectivity index is 1.51. The predicted octanol–water partition coefficient (Wildman–Crippen LogP) is 6.21. The lowest BCUT2D eigenvalue weighted by Crippen LogP contribution is -2.61. The van der Waals surface area contributed by atoms with E-state index in [1.165, 1.54) is 57.8 Å². The van der Waals surface area contributed by atoms with E-state index in [0.717, 1.165) is 36.5 Å². The molecule has 1 saturated heterocycles. The summed E-state index contributed by atoms with van der Waals surface area (Å²) < 4.78 is 0. The van der Waals surface area contributed by atoms with E-state index in [1.54, 1.807) is 0 Å². The van der Waals surface area contributed by atoms with Gasteiger partial charge in [0.05, 0.1) is 0 Å². The number of carbonyl (C=O) groups excluding carboxylic acids is 1. The summed E-state index contributed by atoms with van der Waals surface area (Å²) in [6, 6.07) is 0.496. The van der Waals surface area contributed by atoms with Crippen LogP contribution in [0, 0.1) is 34.5 Å². The Hall–Kier alpha value is -0.790.